The lowest BCUT2D eigenvalue weighted by Gasteiger charge is -2.40. The summed E-state index contributed by atoms with van der Waals surface area (Å²) in [7, 11) is 1.94. The van der Waals surface area contributed by atoms with E-state index in [-0.39, 0.29) is 0 Å². The predicted molar refractivity (Wildman–Crippen MR) is 77.4 cm³/mol. The molecule has 0 aromatic carbocycles. The number of aryl methyl sites for hydroxylation is 2. The number of nitrogens with one attached hydrogen (secondary N) is 1. The molecule has 106 valence electrons. The van der Waals surface area contributed by atoms with Crippen molar-refractivity contribution < 1.29 is 0 Å². The molecular formula is C14H20N6. The molecule has 1 fully saturated rings. The Morgan fingerprint density at radius 1 is 1.30 bits per heavy atom. The maximum Gasteiger partial charge on any atom is 0.151 e. The standard InChI is InChI=1S/C14H20N6/c1-11-3-4-14(18-17-11)20-9-13(10-20)6-15-5-12-7-16-19(2)8-12/h3-4,7-8,13,15H,5-6,9-10H2,1-2H3. The average Bonchev–Trinajstić information content (AvgIpc) is 2.80. The Kier molecular flexibility index (Phi) is 3.64. The van der Waals surface area contributed by atoms with Gasteiger partial charge in [0.25, 0.3) is 0 Å². The van der Waals surface area contributed by atoms with E-state index in [9.17, 15) is 0 Å². The van der Waals surface area contributed by atoms with Gasteiger partial charge in [-0.25, -0.2) is 0 Å². The highest BCUT2D eigenvalue weighted by Crippen LogP contribution is 2.21. The van der Waals surface area contributed by atoms with Gasteiger partial charge in [0.15, 0.2) is 5.82 Å². The molecule has 1 N–H and O–H groups in total. The molecule has 1 aliphatic heterocycles. The summed E-state index contributed by atoms with van der Waals surface area (Å²) < 4.78 is 1.83. The van der Waals surface area contributed by atoms with Crippen LogP contribution >= 0.6 is 0 Å². The zero-order valence-corrected chi connectivity index (χ0v) is 12.0. The Hall–Kier alpha value is -1.95. The van der Waals surface area contributed by atoms with Crippen molar-refractivity contribution in [2.75, 3.05) is 24.5 Å². The quantitative estimate of drug-likeness (QED) is 0.870. The molecule has 0 bridgehead atoms. The summed E-state index contributed by atoms with van der Waals surface area (Å²) in [6, 6.07) is 4.05. The van der Waals surface area contributed by atoms with Crippen LogP contribution in [0.2, 0.25) is 0 Å². The SMILES string of the molecule is Cc1ccc(N2CC(CNCc3cnn(C)c3)C2)nn1. The summed E-state index contributed by atoms with van der Waals surface area (Å²) >= 11 is 0. The summed E-state index contributed by atoms with van der Waals surface area (Å²) in [6.45, 7) is 5.98. The molecule has 0 spiro atoms. The third kappa shape index (κ3) is 2.96. The largest absolute Gasteiger partial charge is 0.354 e. The van der Waals surface area contributed by atoms with Gasteiger partial charge in [-0.2, -0.15) is 10.2 Å². The fraction of sp³-hybridized carbons (Fsp3) is 0.500. The first-order valence-electron chi connectivity index (χ1n) is 6.94. The number of nitrogens with zero attached hydrogens (tertiary/aromatic N) is 5. The van der Waals surface area contributed by atoms with Gasteiger partial charge in [0.1, 0.15) is 0 Å². The van der Waals surface area contributed by atoms with Crippen molar-refractivity contribution in [2.24, 2.45) is 13.0 Å². The molecule has 3 rings (SSSR count). The van der Waals surface area contributed by atoms with Crippen LogP contribution in [0.15, 0.2) is 24.5 Å². The molecule has 0 amide bonds. The fourth-order valence-corrected chi connectivity index (χ4v) is 2.43. The lowest BCUT2D eigenvalue weighted by Crippen LogP contribution is -2.51. The van der Waals surface area contributed by atoms with Gasteiger partial charge < -0.3 is 10.2 Å². The molecule has 0 saturated carbocycles. The summed E-state index contributed by atoms with van der Waals surface area (Å²) in [5, 5.41) is 15.9. The molecule has 1 aliphatic rings. The maximum absolute atomic E-state index is 4.21. The number of hydrogen-bond acceptors (Lipinski definition) is 5. The molecule has 0 radical (unpaired) electrons. The Labute approximate surface area is 118 Å². The predicted octanol–water partition coefficient (Wildman–Crippen LogP) is 0.745. The Balaban J connectivity index is 1.39. The van der Waals surface area contributed by atoms with Crippen molar-refractivity contribution in [3.05, 3.63) is 35.8 Å². The summed E-state index contributed by atoms with van der Waals surface area (Å²) in [5.41, 5.74) is 2.19. The van der Waals surface area contributed by atoms with Crippen LogP contribution in [0.25, 0.3) is 0 Å². The minimum Gasteiger partial charge on any atom is -0.354 e. The first-order valence-corrected chi connectivity index (χ1v) is 6.94. The average molecular weight is 272 g/mol. The molecule has 6 nitrogen and oxygen atoms in total. The Bertz CT molecular complexity index is 555. The normalized spacial score (nSPS) is 15.4. The van der Waals surface area contributed by atoms with Gasteiger partial charge >= 0.3 is 0 Å². The minimum atomic E-state index is 0.690. The summed E-state index contributed by atoms with van der Waals surface area (Å²) in [6.07, 6.45) is 3.95. The second-order valence-corrected chi connectivity index (χ2v) is 5.46. The molecule has 0 aliphatic carbocycles. The van der Waals surface area contributed by atoms with Crippen LogP contribution in [0.4, 0.5) is 5.82 Å². The van der Waals surface area contributed by atoms with Gasteiger partial charge in [0, 0.05) is 50.9 Å². The molecule has 20 heavy (non-hydrogen) atoms. The fourth-order valence-electron chi connectivity index (χ4n) is 2.43. The lowest BCUT2D eigenvalue weighted by molar-refractivity contribution is 0.381. The van der Waals surface area contributed by atoms with Gasteiger partial charge in [-0.15, -0.1) is 5.10 Å². The van der Waals surface area contributed by atoms with E-state index in [1.165, 1.54) is 5.56 Å². The minimum absolute atomic E-state index is 0.690. The molecule has 0 unspecified atom stereocenters. The molecule has 6 heteroatoms. The second kappa shape index (κ2) is 5.58. The third-order valence-electron chi connectivity index (χ3n) is 3.59. The summed E-state index contributed by atoms with van der Waals surface area (Å²) in [4.78, 5) is 2.27. The highest BCUT2D eigenvalue weighted by Gasteiger charge is 2.27. The monoisotopic (exact) mass is 272 g/mol. The van der Waals surface area contributed by atoms with Gasteiger partial charge in [-0.1, -0.05) is 0 Å². The lowest BCUT2D eigenvalue weighted by atomic mass is 10.0. The molecule has 1 saturated heterocycles. The highest BCUT2D eigenvalue weighted by atomic mass is 15.3. The van der Waals surface area contributed by atoms with Crippen molar-refractivity contribution in [3.8, 4) is 0 Å². The zero-order valence-electron chi connectivity index (χ0n) is 12.0. The number of hydrogen-bond donors (Lipinski definition) is 1. The van der Waals surface area contributed by atoms with E-state index in [2.05, 4.69) is 25.5 Å². The molecular weight excluding hydrogens is 252 g/mol. The highest BCUT2D eigenvalue weighted by molar-refractivity contribution is 5.40. The Morgan fingerprint density at radius 2 is 2.15 bits per heavy atom. The number of aromatic nitrogens is 4. The molecule has 2 aromatic rings. The van der Waals surface area contributed by atoms with Gasteiger partial charge in [-0.3, -0.25) is 4.68 Å². The van der Waals surface area contributed by atoms with Crippen molar-refractivity contribution in [1.29, 1.82) is 0 Å². The van der Waals surface area contributed by atoms with Crippen LogP contribution in [-0.4, -0.2) is 39.6 Å². The first kappa shape index (κ1) is 13.1. The van der Waals surface area contributed by atoms with Crippen LogP contribution < -0.4 is 10.2 Å². The number of rotatable bonds is 5. The zero-order chi connectivity index (χ0) is 13.9. The van der Waals surface area contributed by atoms with Crippen LogP contribution in [0.3, 0.4) is 0 Å². The van der Waals surface area contributed by atoms with Gasteiger partial charge in [-0.05, 0) is 19.1 Å². The maximum atomic E-state index is 4.21. The van der Waals surface area contributed by atoms with Crippen molar-refractivity contribution in [1.82, 2.24) is 25.3 Å². The van der Waals surface area contributed by atoms with E-state index in [0.717, 1.165) is 37.7 Å². The second-order valence-electron chi connectivity index (χ2n) is 5.46. The smallest absolute Gasteiger partial charge is 0.151 e. The van der Waals surface area contributed by atoms with E-state index < -0.39 is 0 Å². The van der Waals surface area contributed by atoms with E-state index >= 15 is 0 Å². The van der Waals surface area contributed by atoms with Gasteiger partial charge in [0.05, 0.1) is 11.9 Å². The van der Waals surface area contributed by atoms with E-state index in [1.807, 2.05) is 43.2 Å². The van der Waals surface area contributed by atoms with Crippen LogP contribution in [-0.2, 0) is 13.6 Å². The van der Waals surface area contributed by atoms with Crippen molar-refractivity contribution in [3.63, 3.8) is 0 Å². The van der Waals surface area contributed by atoms with Crippen LogP contribution in [0, 0.1) is 12.8 Å². The molecule has 3 heterocycles. The first-order chi connectivity index (χ1) is 9.70. The van der Waals surface area contributed by atoms with Crippen molar-refractivity contribution >= 4 is 5.82 Å². The van der Waals surface area contributed by atoms with Crippen molar-refractivity contribution in [2.45, 2.75) is 13.5 Å². The van der Waals surface area contributed by atoms with E-state index in [0.29, 0.717) is 5.92 Å². The summed E-state index contributed by atoms with van der Waals surface area (Å²) in [5.74, 6) is 1.67. The topological polar surface area (TPSA) is 58.9 Å². The van der Waals surface area contributed by atoms with E-state index in [4.69, 9.17) is 0 Å². The third-order valence-corrected chi connectivity index (χ3v) is 3.59. The molecule has 2 aromatic heterocycles. The van der Waals surface area contributed by atoms with E-state index in [1.54, 1.807) is 0 Å². The number of anilines is 1. The molecule has 0 atom stereocenters. The van der Waals surface area contributed by atoms with Crippen LogP contribution in [0.5, 0.6) is 0 Å². The Morgan fingerprint density at radius 3 is 2.80 bits per heavy atom. The van der Waals surface area contributed by atoms with Crippen LogP contribution in [0.1, 0.15) is 11.3 Å². The van der Waals surface area contributed by atoms with Gasteiger partial charge in [0.2, 0.25) is 0 Å².